The van der Waals surface area contributed by atoms with Crippen LogP contribution in [0.4, 0.5) is 0 Å². The van der Waals surface area contributed by atoms with Crippen LogP contribution in [0.15, 0.2) is 34.2 Å². The fraction of sp³-hybridized carbons (Fsp3) is 0.650. The molecule has 1 saturated carbocycles. The first-order valence-electron chi connectivity index (χ1n) is 9.69. The third kappa shape index (κ3) is 4.99. The van der Waals surface area contributed by atoms with Gasteiger partial charge in [-0.25, -0.2) is 8.42 Å². The van der Waals surface area contributed by atoms with Crippen molar-refractivity contribution in [3.63, 3.8) is 0 Å². The molecule has 0 aromatic heterocycles. The smallest absolute Gasteiger partial charge is 0.191 e. The van der Waals surface area contributed by atoms with E-state index in [0.717, 1.165) is 37.5 Å². The van der Waals surface area contributed by atoms with Crippen LogP contribution in [0.3, 0.4) is 0 Å². The average molecular weight is 521 g/mol. The van der Waals surface area contributed by atoms with E-state index in [9.17, 15) is 8.42 Å². The second kappa shape index (κ2) is 9.30. The number of aliphatic imine (C=N–C) groups is 1. The molecule has 0 amide bonds. The Labute approximate surface area is 185 Å². The molecule has 1 aliphatic heterocycles. The Morgan fingerprint density at radius 1 is 1.29 bits per heavy atom. The summed E-state index contributed by atoms with van der Waals surface area (Å²) in [4.78, 5) is 5.07. The maximum Gasteiger partial charge on any atom is 0.191 e. The zero-order valence-corrected chi connectivity index (χ0v) is 20.2. The summed E-state index contributed by atoms with van der Waals surface area (Å²) >= 11 is 0. The van der Waals surface area contributed by atoms with Crippen LogP contribution in [0.25, 0.3) is 0 Å². The fourth-order valence-electron chi connectivity index (χ4n) is 4.28. The number of sulfone groups is 1. The highest BCUT2D eigenvalue weighted by molar-refractivity contribution is 14.0. The summed E-state index contributed by atoms with van der Waals surface area (Å²) in [5.74, 6) is 1.40. The summed E-state index contributed by atoms with van der Waals surface area (Å²) in [5.41, 5.74) is 1.19. The Hall–Kier alpha value is -0.870. The number of fused-ring (bicyclic) bond motifs is 1. The van der Waals surface area contributed by atoms with Gasteiger partial charge in [0.05, 0.1) is 11.0 Å². The Morgan fingerprint density at radius 2 is 1.96 bits per heavy atom. The number of ether oxygens (including phenoxy) is 1. The van der Waals surface area contributed by atoms with E-state index in [2.05, 4.69) is 31.4 Å². The summed E-state index contributed by atoms with van der Waals surface area (Å²) < 4.78 is 28.9. The zero-order valence-electron chi connectivity index (χ0n) is 17.1. The molecule has 0 radical (unpaired) electrons. The SMILES string of the molecule is CCNC(=NCCc1ccc(S(C)(=O)=O)cc1)NC1C2CCOC2C1(C)C.I. The van der Waals surface area contributed by atoms with Crippen molar-refractivity contribution >= 4 is 39.8 Å². The van der Waals surface area contributed by atoms with Gasteiger partial charge in [-0.3, -0.25) is 4.99 Å². The third-order valence-electron chi connectivity index (χ3n) is 5.76. The van der Waals surface area contributed by atoms with E-state index >= 15 is 0 Å². The molecule has 1 heterocycles. The topological polar surface area (TPSA) is 79.8 Å². The van der Waals surface area contributed by atoms with Gasteiger partial charge >= 0.3 is 0 Å². The number of benzene rings is 1. The van der Waals surface area contributed by atoms with E-state index in [1.54, 1.807) is 12.1 Å². The van der Waals surface area contributed by atoms with Crippen molar-refractivity contribution < 1.29 is 13.2 Å². The molecule has 1 aliphatic carbocycles. The average Bonchev–Trinajstić information content (AvgIpc) is 3.06. The predicted molar refractivity (Wildman–Crippen MR) is 123 cm³/mol. The van der Waals surface area contributed by atoms with Gasteiger partial charge in [-0.15, -0.1) is 24.0 Å². The molecule has 3 unspecified atom stereocenters. The zero-order chi connectivity index (χ0) is 19.7. The monoisotopic (exact) mass is 521 g/mol. The first-order chi connectivity index (χ1) is 12.7. The lowest BCUT2D eigenvalue weighted by Gasteiger charge is -2.54. The van der Waals surface area contributed by atoms with E-state index in [0.29, 0.717) is 29.5 Å². The molecule has 6 nitrogen and oxygen atoms in total. The lowest BCUT2D eigenvalue weighted by molar-refractivity contribution is -0.106. The molecule has 1 aromatic carbocycles. The summed E-state index contributed by atoms with van der Waals surface area (Å²) in [6, 6.07) is 7.42. The van der Waals surface area contributed by atoms with Crippen LogP contribution in [0.1, 0.15) is 32.8 Å². The van der Waals surface area contributed by atoms with Crippen molar-refractivity contribution in [2.45, 2.75) is 50.7 Å². The van der Waals surface area contributed by atoms with Crippen LogP contribution < -0.4 is 10.6 Å². The molecule has 2 N–H and O–H groups in total. The molecule has 1 aromatic rings. The van der Waals surface area contributed by atoms with Crippen LogP contribution in [0.2, 0.25) is 0 Å². The van der Waals surface area contributed by atoms with Crippen molar-refractivity contribution in [3.8, 4) is 0 Å². The van der Waals surface area contributed by atoms with Gasteiger partial charge in [-0.2, -0.15) is 0 Å². The standard InChI is InChI=1S/C20H31N3O3S.HI/c1-5-21-19(23-17-16-11-13-26-18(16)20(17,2)3)22-12-10-14-6-8-15(9-7-14)27(4,24)25;/h6-9,16-18H,5,10-13H2,1-4H3,(H2,21,22,23);1H. The van der Waals surface area contributed by atoms with E-state index in [4.69, 9.17) is 9.73 Å². The van der Waals surface area contributed by atoms with E-state index in [1.165, 1.54) is 6.26 Å². The molecule has 0 bridgehead atoms. The highest BCUT2D eigenvalue weighted by Crippen LogP contribution is 2.52. The number of guanidine groups is 1. The van der Waals surface area contributed by atoms with Gasteiger partial charge in [0, 0.05) is 43.3 Å². The van der Waals surface area contributed by atoms with Crippen molar-refractivity contribution in [2.24, 2.45) is 16.3 Å². The van der Waals surface area contributed by atoms with Crippen molar-refractivity contribution in [1.29, 1.82) is 0 Å². The Morgan fingerprint density at radius 3 is 2.57 bits per heavy atom. The van der Waals surface area contributed by atoms with Crippen LogP contribution in [0, 0.1) is 11.3 Å². The number of halogens is 1. The van der Waals surface area contributed by atoms with Crippen molar-refractivity contribution in [3.05, 3.63) is 29.8 Å². The highest BCUT2D eigenvalue weighted by atomic mass is 127. The Balaban J connectivity index is 0.00000280. The quantitative estimate of drug-likeness (QED) is 0.342. The molecule has 0 spiro atoms. The molecule has 3 atom stereocenters. The Kier molecular flexibility index (Phi) is 7.77. The number of hydrogen-bond acceptors (Lipinski definition) is 4. The van der Waals surface area contributed by atoms with Crippen LogP contribution in [0.5, 0.6) is 0 Å². The predicted octanol–water partition coefficient (Wildman–Crippen LogP) is 2.62. The van der Waals surface area contributed by atoms with Crippen molar-refractivity contribution in [2.75, 3.05) is 26.0 Å². The second-order valence-electron chi connectivity index (χ2n) is 8.11. The molecule has 1 saturated heterocycles. The summed E-state index contributed by atoms with van der Waals surface area (Å²) in [7, 11) is -3.15. The summed E-state index contributed by atoms with van der Waals surface area (Å²) in [5, 5.41) is 6.94. The number of nitrogens with one attached hydrogen (secondary N) is 2. The lowest BCUT2D eigenvalue weighted by atomic mass is 9.57. The van der Waals surface area contributed by atoms with Crippen molar-refractivity contribution in [1.82, 2.24) is 10.6 Å². The van der Waals surface area contributed by atoms with E-state index in [-0.39, 0.29) is 29.4 Å². The third-order valence-corrected chi connectivity index (χ3v) is 6.89. The van der Waals surface area contributed by atoms with E-state index in [1.807, 2.05) is 12.1 Å². The second-order valence-corrected chi connectivity index (χ2v) is 10.1. The molecule has 2 fully saturated rings. The van der Waals surface area contributed by atoms with Gasteiger partial charge in [0.15, 0.2) is 15.8 Å². The molecule has 2 aliphatic rings. The molecule has 3 rings (SSSR count). The van der Waals surface area contributed by atoms with E-state index < -0.39 is 9.84 Å². The minimum atomic E-state index is -3.15. The van der Waals surface area contributed by atoms with Gasteiger partial charge in [-0.1, -0.05) is 26.0 Å². The normalized spacial score (nSPS) is 26.0. The van der Waals surface area contributed by atoms with Gasteiger partial charge in [0.1, 0.15) is 0 Å². The first kappa shape index (κ1) is 23.4. The maximum absolute atomic E-state index is 11.5. The van der Waals surface area contributed by atoms with Gasteiger partial charge < -0.3 is 15.4 Å². The van der Waals surface area contributed by atoms with Crippen LogP contribution in [-0.2, 0) is 21.0 Å². The molecular formula is C20H32IN3O3S. The van der Waals surface area contributed by atoms with Gasteiger partial charge in [-0.05, 0) is 37.5 Å². The number of hydrogen-bond donors (Lipinski definition) is 2. The summed E-state index contributed by atoms with van der Waals surface area (Å²) in [6.45, 7) is 8.88. The Bertz CT molecular complexity index is 793. The fourth-order valence-corrected chi connectivity index (χ4v) is 4.92. The summed E-state index contributed by atoms with van der Waals surface area (Å²) in [6.07, 6.45) is 3.45. The largest absolute Gasteiger partial charge is 0.377 e. The molecule has 158 valence electrons. The molecular weight excluding hydrogens is 489 g/mol. The first-order valence-corrected chi connectivity index (χ1v) is 11.6. The molecule has 8 heteroatoms. The maximum atomic E-state index is 11.5. The number of rotatable bonds is 6. The lowest BCUT2D eigenvalue weighted by Crippen LogP contribution is -2.68. The van der Waals surface area contributed by atoms with Crippen LogP contribution in [-0.4, -0.2) is 52.5 Å². The minimum absolute atomic E-state index is 0. The highest BCUT2D eigenvalue weighted by Gasteiger charge is 2.59. The molecule has 28 heavy (non-hydrogen) atoms. The van der Waals surface area contributed by atoms with Gasteiger partial charge in [0.2, 0.25) is 0 Å². The minimum Gasteiger partial charge on any atom is -0.377 e. The number of nitrogens with zero attached hydrogens (tertiary/aromatic N) is 1. The van der Waals surface area contributed by atoms with Crippen LogP contribution >= 0.6 is 24.0 Å². The van der Waals surface area contributed by atoms with Gasteiger partial charge in [0.25, 0.3) is 0 Å².